The van der Waals surface area contributed by atoms with Crippen LogP contribution in [0.1, 0.15) is 12.5 Å². The summed E-state index contributed by atoms with van der Waals surface area (Å²) in [6.07, 6.45) is 2.01. The summed E-state index contributed by atoms with van der Waals surface area (Å²) in [5.74, 6) is -0.372. The average molecular weight is 358 g/mol. The van der Waals surface area contributed by atoms with Gasteiger partial charge in [0, 0.05) is 6.08 Å². The van der Waals surface area contributed by atoms with E-state index < -0.39 is 23.7 Å². The Morgan fingerprint density at radius 2 is 1.62 bits per heavy atom. The van der Waals surface area contributed by atoms with Gasteiger partial charge in [0.15, 0.2) is 6.10 Å². The average Bonchev–Trinajstić information content (AvgIpc) is 2.66. The monoisotopic (exact) mass is 358 g/mol. The first-order valence-corrected chi connectivity index (χ1v) is 7.82. The first-order valence-electron chi connectivity index (χ1n) is 7.82. The van der Waals surface area contributed by atoms with E-state index in [1.807, 2.05) is 0 Å². The molecule has 136 valence electrons. The lowest BCUT2D eigenvalue weighted by Crippen LogP contribution is -2.46. The maximum atomic E-state index is 12.8. The Hall–Kier alpha value is -3.35. The van der Waals surface area contributed by atoms with Gasteiger partial charge in [0.2, 0.25) is 0 Å². The fourth-order valence-corrected chi connectivity index (χ4v) is 1.92. The number of nitrogens with one attached hydrogen (secondary N) is 2. The molecule has 0 aromatic heterocycles. The lowest BCUT2D eigenvalue weighted by atomic mass is 10.2. The molecule has 7 heteroatoms. The van der Waals surface area contributed by atoms with E-state index in [1.54, 1.807) is 37.5 Å². The molecular formula is C19H19FN2O4. The van der Waals surface area contributed by atoms with Crippen molar-refractivity contribution in [2.75, 3.05) is 7.11 Å². The first-order chi connectivity index (χ1) is 12.5. The number of ether oxygens (including phenoxy) is 2. The van der Waals surface area contributed by atoms with Crippen LogP contribution in [0.3, 0.4) is 0 Å². The van der Waals surface area contributed by atoms with Crippen LogP contribution < -0.4 is 20.3 Å². The van der Waals surface area contributed by atoms with Crippen LogP contribution in [0.15, 0.2) is 54.6 Å². The van der Waals surface area contributed by atoms with E-state index in [0.29, 0.717) is 11.5 Å². The normalized spacial score (nSPS) is 11.7. The van der Waals surface area contributed by atoms with E-state index >= 15 is 0 Å². The summed E-state index contributed by atoms with van der Waals surface area (Å²) in [4.78, 5) is 23.6. The van der Waals surface area contributed by atoms with Crippen molar-refractivity contribution < 1.29 is 23.5 Å². The molecular weight excluding hydrogens is 339 g/mol. The number of amides is 2. The van der Waals surface area contributed by atoms with E-state index in [-0.39, 0.29) is 0 Å². The molecule has 0 aliphatic heterocycles. The van der Waals surface area contributed by atoms with E-state index in [4.69, 9.17) is 9.47 Å². The minimum absolute atomic E-state index is 0.347. The minimum Gasteiger partial charge on any atom is -0.497 e. The van der Waals surface area contributed by atoms with Gasteiger partial charge in [-0.25, -0.2) is 4.39 Å². The summed E-state index contributed by atoms with van der Waals surface area (Å²) in [5.41, 5.74) is 5.33. The molecule has 0 aliphatic carbocycles. The minimum atomic E-state index is -0.869. The van der Waals surface area contributed by atoms with Crippen LogP contribution in [0.2, 0.25) is 0 Å². The Kier molecular flexibility index (Phi) is 6.73. The third-order valence-electron chi connectivity index (χ3n) is 3.35. The molecule has 0 bridgehead atoms. The Bertz CT molecular complexity index is 773. The fourth-order valence-electron chi connectivity index (χ4n) is 1.92. The zero-order valence-corrected chi connectivity index (χ0v) is 14.4. The molecule has 2 aromatic rings. The second kappa shape index (κ2) is 9.22. The number of hydrogen-bond donors (Lipinski definition) is 2. The molecule has 0 aliphatic rings. The lowest BCUT2D eigenvalue weighted by Gasteiger charge is -2.14. The predicted molar refractivity (Wildman–Crippen MR) is 94.8 cm³/mol. The predicted octanol–water partition coefficient (Wildman–Crippen LogP) is 2.46. The summed E-state index contributed by atoms with van der Waals surface area (Å²) in [6, 6.07) is 12.4. The summed E-state index contributed by atoms with van der Waals surface area (Å²) in [7, 11) is 1.57. The number of carbonyl (C=O) groups is 2. The summed E-state index contributed by atoms with van der Waals surface area (Å²) < 4.78 is 23.2. The van der Waals surface area contributed by atoms with Gasteiger partial charge in [-0.3, -0.25) is 20.4 Å². The third-order valence-corrected chi connectivity index (χ3v) is 3.35. The number of benzene rings is 2. The Labute approximate surface area is 150 Å². The van der Waals surface area contributed by atoms with Crippen LogP contribution in [-0.4, -0.2) is 25.0 Å². The molecule has 0 radical (unpaired) electrons. The van der Waals surface area contributed by atoms with Crippen molar-refractivity contribution in [3.63, 3.8) is 0 Å². The number of rotatable bonds is 6. The molecule has 2 amide bonds. The van der Waals surface area contributed by atoms with Crippen LogP contribution >= 0.6 is 0 Å². The Morgan fingerprint density at radius 3 is 2.23 bits per heavy atom. The summed E-state index contributed by atoms with van der Waals surface area (Å²) in [6.45, 7) is 1.51. The van der Waals surface area contributed by atoms with E-state index in [2.05, 4.69) is 10.9 Å². The van der Waals surface area contributed by atoms with Crippen molar-refractivity contribution in [2.45, 2.75) is 13.0 Å². The Balaban J connectivity index is 1.78. The second-order valence-electron chi connectivity index (χ2n) is 5.30. The van der Waals surface area contributed by atoms with Crippen LogP contribution in [0, 0.1) is 5.82 Å². The maximum absolute atomic E-state index is 12.8. The lowest BCUT2D eigenvalue weighted by molar-refractivity contribution is -0.131. The SMILES string of the molecule is COc1ccc(/C=C/C(=O)NNC(=O)[C@H](C)Oc2ccc(F)cc2)cc1. The Morgan fingerprint density at radius 1 is 1.00 bits per heavy atom. The highest BCUT2D eigenvalue weighted by molar-refractivity contribution is 5.93. The highest BCUT2D eigenvalue weighted by atomic mass is 19.1. The molecule has 1 atom stereocenters. The molecule has 6 nitrogen and oxygen atoms in total. The molecule has 0 unspecified atom stereocenters. The van der Waals surface area contributed by atoms with Crippen molar-refractivity contribution in [3.8, 4) is 11.5 Å². The van der Waals surface area contributed by atoms with Gasteiger partial charge in [0.1, 0.15) is 17.3 Å². The van der Waals surface area contributed by atoms with Gasteiger partial charge >= 0.3 is 0 Å². The molecule has 0 heterocycles. The van der Waals surface area contributed by atoms with Crippen LogP contribution in [0.5, 0.6) is 11.5 Å². The van der Waals surface area contributed by atoms with Crippen molar-refractivity contribution >= 4 is 17.9 Å². The number of carbonyl (C=O) groups excluding carboxylic acids is 2. The molecule has 0 fully saturated rings. The summed E-state index contributed by atoms with van der Waals surface area (Å²) in [5, 5.41) is 0. The van der Waals surface area contributed by atoms with Crippen molar-refractivity contribution in [2.24, 2.45) is 0 Å². The zero-order valence-electron chi connectivity index (χ0n) is 14.4. The largest absolute Gasteiger partial charge is 0.497 e. The van der Waals surface area contributed by atoms with Crippen molar-refractivity contribution in [3.05, 3.63) is 66.0 Å². The van der Waals surface area contributed by atoms with Gasteiger partial charge in [-0.05, 0) is 55.0 Å². The molecule has 0 saturated carbocycles. The van der Waals surface area contributed by atoms with Crippen LogP contribution in [0.25, 0.3) is 6.08 Å². The van der Waals surface area contributed by atoms with Gasteiger partial charge < -0.3 is 9.47 Å². The van der Waals surface area contributed by atoms with E-state index in [0.717, 1.165) is 5.56 Å². The van der Waals surface area contributed by atoms with Crippen LogP contribution in [-0.2, 0) is 9.59 Å². The number of hydrazine groups is 1. The smallest absolute Gasteiger partial charge is 0.279 e. The fraction of sp³-hybridized carbons (Fsp3) is 0.158. The molecule has 0 spiro atoms. The van der Waals surface area contributed by atoms with Crippen LogP contribution in [0.4, 0.5) is 4.39 Å². The first kappa shape index (κ1) is 19.0. The molecule has 2 N–H and O–H groups in total. The maximum Gasteiger partial charge on any atom is 0.279 e. The molecule has 2 rings (SSSR count). The van der Waals surface area contributed by atoms with Gasteiger partial charge in [-0.15, -0.1) is 0 Å². The van der Waals surface area contributed by atoms with E-state index in [1.165, 1.54) is 37.3 Å². The topological polar surface area (TPSA) is 76.7 Å². The quantitative estimate of drug-likeness (QED) is 0.614. The standard InChI is InChI=1S/C19H19FN2O4/c1-13(26-17-10-6-15(20)7-11-17)19(24)22-21-18(23)12-5-14-3-8-16(25-2)9-4-14/h3-13H,1-2H3,(H,21,23)(H,22,24)/b12-5+/t13-/m0/s1. The van der Waals surface area contributed by atoms with Gasteiger partial charge in [-0.1, -0.05) is 12.1 Å². The second-order valence-corrected chi connectivity index (χ2v) is 5.30. The summed E-state index contributed by atoms with van der Waals surface area (Å²) >= 11 is 0. The molecule has 2 aromatic carbocycles. The zero-order chi connectivity index (χ0) is 18.9. The number of halogens is 1. The van der Waals surface area contributed by atoms with Gasteiger partial charge in [0.05, 0.1) is 7.11 Å². The van der Waals surface area contributed by atoms with E-state index in [9.17, 15) is 14.0 Å². The highest BCUT2D eigenvalue weighted by Crippen LogP contribution is 2.13. The molecule has 0 saturated heterocycles. The number of methoxy groups -OCH3 is 1. The van der Waals surface area contributed by atoms with Crippen molar-refractivity contribution in [1.82, 2.24) is 10.9 Å². The van der Waals surface area contributed by atoms with Gasteiger partial charge in [0.25, 0.3) is 11.8 Å². The molecule has 26 heavy (non-hydrogen) atoms. The van der Waals surface area contributed by atoms with Crippen molar-refractivity contribution in [1.29, 1.82) is 0 Å². The number of hydrogen-bond acceptors (Lipinski definition) is 4. The van der Waals surface area contributed by atoms with Gasteiger partial charge in [-0.2, -0.15) is 0 Å². The third kappa shape index (κ3) is 5.94. The highest BCUT2D eigenvalue weighted by Gasteiger charge is 2.14.